The van der Waals surface area contributed by atoms with Crippen LogP contribution >= 0.6 is 0 Å². The first-order chi connectivity index (χ1) is 12.1. The molecule has 2 amide bonds. The molecule has 2 saturated heterocycles. The van der Waals surface area contributed by atoms with Gasteiger partial charge in [0.1, 0.15) is 0 Å². The normalized spacial score (nSPS) is 20.4. The highest BCUT2D eigenvalue weighted by atomic mass is 16.2. The van der Waals surface area contributed by atoms with E-state index in [1.54, 1.807) is 0 Å². The molecule has 2 fully saturated rings. The lowest BCUT2D eigenvalue weighted by Crippen LogP contribution is -2.45. The molecular weight excluding hydrogens is 314 g/mol. The van der Waals surface area contributed by atoms with Gasteiger partial charge in [0.15, 0.2) is 0 Å². The molecule has 1 atom stereocenters. The minimum atomic E-state index is 0.0167. The first kappa shape index (κ1) is 17.9. The van der Waals surface area contributed by atoms with Crippen LogP contribution in [-0.2, 0) is 9.59 Å². The highest BCUT2D eigenvalue weighted by molar-refractivity contribution is 5.80. The number of piperidine rings is 1. The summed E-state index contributed by atoms with van der Waals surface area (Å²) in [4.78, 5) is 28.9. The van der Waals surface area contributed by atoms with E-state index in [0.717, 1.165) is 57.4 Å². The minimum Gasteiger partial charge on any atom is -0.348 e. The molecule has 2 aliphatic rings. The molecule has 25 heavy (non-hydrogen) atoms. The van der Waals surface area contributed by atoms with Crippen LogP contribution in [0.25, 0.3) is 0 Å². The maximum Gasteiger partial charge on any atom is 0.234 e. The molecule has 0 aliphatic carbocycles. The lowest BCUT2D eigenvalue weighted by molar-refractivity contribution is -0.136. The molecule has 1 unspecified atom stereocenters. The summed E-state index contributed by atoms with van der Waals surface area (Å²) in [5.74, 6) is 0.542. The van der Waals surface area contributed by atoms with E-state index in [1.165, 1.54) is 0 Å². The second kappa shape index (κ2) is 8.48. The second-order valence-electron chi connectivity index (χ2n) is 7.28. The van der Waals surface area contributed by atoms with Gasteiger partial charge in [0.2, 0.25) is 11.8 Å². The zero-order valence-electron chi connectivity index (χ0n) is 15.1. The molecule has 0 aromatic heterocycles. The number of hydrogen-bond acceptors (Lipinski definition) is 3. The van der Waals surface area contributed by atoms with E-state index in [2.05, 4.69) is 10.2 Å². The van der Waals surface area contributed by atoms with Crippen LogP contribution in [0.3, 0.4) is 0 Å². The molecule has 0 spiro atoms. The number of benzene rings is 1. The van der Waals surface area contributed by atoms with E-state index < -0.39 is 0 Å². The summed E-state index contributed by atoms with van der Waals surface area (Å²) in [5, 5.41) is 3.07. The number of carbonyl (C=O) groups excluding carboxylic acids is 2. The van der Waals surface area contributed by atoms with Crippen LogP contribution in [0.15, 0.2) is 30.3 Å². The van der Waals surface area contributed by atoms with Crippen molar-refractivity contribution < 1.29 is 9.59 Å². The molecule has 1 aromatic rings. The topological polar surface area (TPSA) is 52.7 Å². The second-order valence-corrected chi connectivity index (χ2v) is 7.28. The van der Waals surface area contributed by atoms with Crippen LogP contribution in [0.4, 0.5) is 0 Å². The van der Waals surface area contributed by atoms with Gasteiger partial charge in [-0.3, -0.25) is 14.5 Å². The zero-order chi connectivity index (χ0) is 17.6. The van der Waals surface area contributed by atoms with Crippen molar-refractivity contribution in [1.82, 2.24) is 15.1 Å². The Morgan fingerprint density at radius 2 is 1.72 bits per heavy atom. The summed E-state index contributed by atoms with van der Waals surface area (Å²) in [7, 11) is 0. The predicted molar refractivity (Wildman–Crippen MR) is 98.0 cm³/mol. The van der Waals surface area contributed by atoms with Crippen LogP contribution in [0.5, 0.6) is 0 Å². The largest absolute Gasteiger partial charge is 0.348 e. The Bertz CT molecular complexity index is 576. The molecule has 0 saturated carbocycles. The van der Waals surface area contributed by atoms with E-state index in [4.69, 9.17) is 0 Å². The quantitative estimate of drug-likeness (QED) is 0.892. The Hall–Kier alpha value is -1.88. The zero-order valence-corrected chi connectivity index (χ0v) is 15.1. The smallest absolute Gasteiger partial charge is 0.234 e. The van der Waals surface area contributed by atoms with E-state index in [-0.39, 0.29) is 17.9 Å². The van der Waals surface area contributed by atoms with Crippen molar-refractivity contribution in [1.29, 1.82) is 0 Å². The molecule has 5 heteroatoms. The van der Waals surface area contributed by atoms with Crippen LogP contribution in [0.2, 0.25) is 0 Å². The number of amides is 2. The third-order valence-electron chi connectivity index (χ3n) is 5.40. The van der Waals surface area contributed by atoms with Gasteiger partial charge in [0, 0.05) is 19.0 Å². The fraction of sp³-hybridized carbons (Fsp3) is 0.600. The van der Waals surface area contributed by atoms with E-state index >= 15 is 0 Å². The van der Waals surface area contributed by atoms with Gasteiger partial charge in [-0.2, -0.15) is 0 Å². The van der Waals surface area contributed by atoms with Crippen LogP contribution in [-0.4, -0.2) is 54.3 Å². The van der Waals surface area contributed by atoms with Crippen molar-refractivity contribution in [2.24, 2.45) is 5.92 Å². The van der Waals surface area contributed by atoms with Crippen LogP contribution in [0, 0.1) is 5.92 Å². The Morgan fingerprint density at radius 1 is 1.08 bits per heavy atom. The lowest BCUT2D eigenvalue weighted by Gasteiger charge is -2.32. The van der Waals surface area contributed by atoms with Gasteiger partial charge in [-0.1, -0.05) is 30.3 Å². The molecule has 0 radical (unpaired) electrons. The van der Waals surface area contributed by atoms with Gasteiger partial charge in [0.05, 0.1) is 12.6 Å². The van der Waals surface area contributed by atoms with Crippen molar-refractivity contribution in [2.45, 2.75) is 38.6 Å². The molecular formula is C20H29N3O2. The van der Waals surface area contributed by atoms with E-state index in [9.17, 15) is 9.59 Å². The van der Waals surface area contributed by atoms with Crippen molar-refractivity contribution >= 4 is 11.8 Å². The van der Waals surface area contributed by atoms with Gasteiger partial charge in [-0.05, 0) is 51.3 Å². The standard InChI is InChI=1S/C20H29N3O2/c1-16(17-7-3-2-4-8-17)21-19(24)15-22-13-9-18(10-14-22)20(25)23-11-5-6-12-23/h2-4,7-8,16,18H,5-6,9-15H2,1H3,(H,21,24). The molecule has 3 rings (SSSR count). The third kappa shape index (κ3) is 4.82. The Kier molecular flexibility index (Phi) is 6.08. The summed E-state index contributed by atoms with van der Waals surface area (Å²) in [6, 6.07) is 10.0. The number of nitrogens with one attached hydrogen (secondary N) is 1. The van der Waals surface area contributed by atoms with E-state index in [1.807, 2.05) is 42.2 Å². The number of carbonyl (C=O) groups is 2. The molecule has 136 valence electrons. The lowest BCUT2D eigenvalue weighted by atomic mass is 9.95. The van der Waals surface area contributed by atoms with Gasteiger partial charge in [-0.15, -0.1) is 0 Å². The highest BCUT2D eigenvalue weighted by Crippen LogP contribution is 2.22. The molecule has 0 bridgehead atoms. The maximum atomic E-state index is 12.5. The summed E-state index contributed by atoms with van der Waals surface area (Å²) in [5.41, 5.74) is 1.12. The average Bonchev–Trinajstić information content (AvgIpc) is 3.17. The first-order valence-electron chi connectivity index (χ1n) is 9.49. The van der Waals surface area contributed by atoms with Crippen LogP contribution < -0.4 is 5.32 Å². The average molecular weight is 343 g/mol. The number of nitrogens with zero attached hydrogens (tertiary/aromatic N) is 2. The summed E-state index contributed by atoms with van der Waals surface area (Å²) in [6.07, 6.45) is 4.03. The van der Waals surface area contributed by atoms with E-state index in [0.29, 0.717) is 12.5 Å². The van der Waals surface area contributed by atoms with Crippen LogP contribution in [0.1, 0.15) is 44.2 Å². The van der Waals surface area contributed by atoms with Gasteiger partial charge < -0.3 is 10.2 Å². The number of rotatable bonds is 5. The van der Waals surface area contributed by atoms with Crippen molar-refractivity contribution in [2.75, 3.05) is 32.7 Å². The monoisotopic (exact) mass is 343 g/mol. The summed E-state index contributed by atoms with van der Waals surface area (Å²) < 4.78 is 0. The highest BCUT2D eigenvalue weighted by Gasteiger charge is 2.30. The predicted octanol–water partition coefficient (Wildman–Crippen LogP) is 2.20. The Labute approximate surface area is 150 Å². The molecule has 2 aliphatic heterocycles. The molecule has 1 aromatic carbocycles. The first-order valence-corrected chi connectivity index (χ1v) is 9.49. The SMILES string of the molecule is CC(NC(=O)CN1CCC(C(=O)N2CCCC2)CC1)c1ccccc1. The maximum absolute atomic E-state index is 12.5. The minimum absolute atomic E-state index is 0.0167. The van der Waals surface area contributed by atoms with Crippen molar-refractivity contribution in [3.8, 4) is 0 Å². The number of hydrogen-bond donors (Lipinski definition) is 1. The fourth-order valence-electron chi connectivity index (χ4n) is 3.85. The Balaban J connectivity index is 1.41. The van der Waals surface area contributed by atoms with Gasteiger partial charge in [0.25, 0.3) is 0 Å². The molecule has 5 nitrogen and oxygen atoms in total. The molecule has 2 heterocycles. The number of likely N-dealkylation sites (tertiary alicyclic amines) is 2. The fourth-order valence-corrected chi connectivity index (χ4v) is 3.85. The van der Waals surface area contributed by atoms with Gasteiger partial charge >= 0.3 is 0 Å². The Morgan fingerprint density at radius 3 is 2.36 bits per heavy atom. The summed E-state index contributed by atoms with van der Waals surface area (Å²) in [6.45, 7) is 5.95. The molecule has 1 N–H and O–H groups in total. The summed E-state index contributed by atoms with van der Waals surface area (Å²) >= 11 is 0. The van der Waals surface area contributed by atoms with Crippen molar-refractivity contribution in [3.63, 3.8) is 0 Å². The van der Waals surface area contributed by atoms with Gasteiger partial charge in [-0.25, -0.2) is 0 Å². The van der Waals surface area contributed by atoms with Crippen molar-refractivity contribution in [3.05, 3.63) is 35.9 Å². The third-order valence-corrected chi connectivity index (χ3v) is 5.40.